The lowest BCUT2D eigenvalue weighted by Crippen LogP contribution is -2.46. The van der Waals surface area contributed by atoms with Crippen molar-refractivity contribution in [2.24, 2.45) is 0 Å². The Bertz CT molecular complexity index is 1290. The number of hydrogen-bond donors (Lipinski definition) is 4. The molecule has 3 aromatic rings. The second-order valence-corrected chi connectivity index (χ2v) is 10.8. The number of β-lactam (4-membered cyclic amide) rings is 1. The number of esters is 1. The zero-order chi connectivity index (χ0) is 31.4. The Balaban J connectivity index is 0.000000303. The smallest absolute Gasteiger partial charge is 0.303 e. The first-order valence-electron chi connectivity index (χ1n) is 14.6. The monoisotopic (exact) mass is 595 g/mol. The molecule has 1 saturated heterocycles. The first kappa shape index (κ1) is 33.9. The molecule has 0 bridgehead atoms. The Kier molecular flexibility index (Phi) is 12.8. The Labute approximate surface area is 252 Å². The topological polar surface area (TPSA) is 128 Å². The lowest BCUT2D eigenvalue weighted by Gasteiger charge is -2.41. The van der Waals surface area contributed by atoms with Crippen molar-refractivity contribution in [2.45, 2.75) is 70.1 Å². The molecule has 0 aliphatic carbocycles. The third-order valence-electron chi connectivity index (χ3n) is 7.54. The summed E-state index contributed by atoms with van der Waals surface area (Å²) in [4.78, 5) is 24.8. The van der Waals surface area contributed by atoms with Gasteiger partial charge < -0.3 is 30.1 Å². The van der Waals surface area contributed by atoms with Gasteiger partial charge in [-0.3, -0.25) is 9.59 Å². The SMILES string of the molecule is CCC(OC(C)=O)c1ccc(F)cc1.O=C1CC(c2ccc(CCC(O)(CO)CO)cc2)N1c1ccc(CCCO)cc1. The highest BCUT2D eigenvalue weighted by atomic mass is 19.1. The standard InChI is InChI=1S/C23H29NO5.C11H13FO2/c25-13-1-2-17-5-9-20(10-6-17)24-21(14-22(24)28)19-7-3-18(4-8-19)11-12-23(29,15-26)16-27;1-3-11(14-8(2)13)9-4-6-10(12)7-5-9/h3-10,21,25-27,29H,1-2,11-16H2;4-7,11H,3H2,1-2H3. The molecular weight excluding hydrogens is 553 g/mol. The van der Waals surface area contributed by atoms with Gasteiger partial charge >= 0.3 is 5.97 Å². The highest BCUT2D eigenvalue weighted by Gasteiger charge is 2.38. The molecule has 8 nitrogen and oxygen atoms in total. The number of halogens is 1. The van der Waals surface area contributed by atoms with Crippen LogP contribution in [0.2, 0.25) is 0 Å². The number of rotatable bonds is 13. The first-order chi connectivity index (χ1) is 20.6. The average Bonchev–Trinajstić information content (AvgIpc) is 3.02. The molecule has 0 radical (unpaired) electrons. The van der Waals surface area contributed by atoms with Gasteiger partial charge in [0.25, 0.3) is 0 Å². The molecule has 2 unspecified atom stereocenters. The Morgan fingerprint density at radius 1 is 0.953 bits per heavy atom. The molecular formula is C34H42FNO7. The maximum Gasteiger partial charge on any atom is 0.303 e. The van der Waals surface area contributed by atoms with E-state index in [2.05, 4.69) is 0 Å². The van der Waals surface area contributed by atoms with Crippen molar-refractivity contribution in [3.63, 3.8) is 0 Å². The lowest BCUT2D eigenvalue weighted by molar-refractivity contribution is -0.146. The Hall–Kier alpha value is -3.63. The van der Waals surface area contributed by atoms with Crippen LogP contribution in [0, 0.1) is 5.82 Å². The van der Waals surface area contributed by atoms with E-state index < -0.39 is 18.8 Å². The maximum absolute atomic E-state index is 12.6. The van der Waals surface area contributed by atoms with E-state index in [1.807, 2.05) is 55.5 Å². The molecule has 2 atom stereocenters. The molecule has 0 spiro atoms. The lowest BCUT2D eigenvalue weighted by atomic mass is 9.91. The third kappa shape index (κ3) is 9.69. The van der Waals surface area contributed by atoms with Gasteiger partial charge in [-0.1, -0.05) is 55.5 Å². The van der Waals surface area contributed by atoms with Crippen LogP contribution in [0.4, 0.5) is 10.1 Å². The van der Waals surface area contributed by atoms with Crippen LogP contribution in [0.3, 0.4) is 0 Å². The number of amides is 1. The fourth-order valence-corrected chi connectivity index (χ4v) is 4.87. The van der Waals surface area contributed by atoms with Crippen LogP contribution in [0.1, 0.15) is 73.9 Å². The molecule has 0 saturated carbocycles. The van der Waals surface area contributed by atoms with Gasteiger partial charge in [-0.15, -0.1) is 0 Å². The summed E-state index contributed by atoms with van der Waals surface area (Å²) in [5, 5.41) is 37.3. The number of benzene rings is 3. The number of carbonyl (C=O) groups excluding carboxylic acids is 2. The predicted octanol–water partition coefficient (Wildman–Crippen LogP) is 4.58. The van der Waals surface area contributed by atoms with Crippen LogP contribution in [-0.2, 0) is 27.2 Å². The summed E-state index contributed by atoms with van der Waals surface area (Å²) in [5.41, 5.74) is 3.43. The van der Waals surface area contributed by atoms with Gasteiger partial charge in [0, 0.05) is 19.2 Å². The van der Waals surface area contributed by atoms with E-state index in [1.54, 1.807) is 17.0 Å². The first-order valence-corrected chi connectivity index (χ1v) is 14.6. The number of hydrogen-bond acceptors (Lipinski definition) is 7. The molecule has 1 heterocycles. The van der Waals surface area contributed by atoms with Crippen molar-refractivity contribution in [2.75, 3.05) is 24.7 Å². The van der Waals surface area contributed by atoms with Gasteiger partial charge in [0.05, 0.1) is 25.7 Å². The summed E-state index contributed by atoms with van der Waals surface area (Å²) in [5.74, 6) is -0.509. The van der Waals surface area contributed by atoms with Gasteiger partial charge in [-0.05, 0) is 78.6 Å². The molecule has 1 amide bonds. The normalized spacial score (nSPS) is 15.3. The summed E-state index contributed by atoms with van der Waals surface area (Å²) in [6.45, 7) is 2.51. The average molecular weight is 596 g/mol. The summed E-state index contributed by atoms with van der Waals surface area (Å²) in [6, 6.07) is 21.8. The Morgan fingerprint density at radius 2 is 1.53 bits per heavy atom. The van der Waals surface area contributed by atoms with Crippen LogP contribution < -0.4 is 4.90 Å². The number of aliphatic hydroxyl groups is 4. The summed E-state index contributed by atoms with van der Waals surface area (Å²) in [6.07, 6.45) is 3.25. The summed E-state index contributed by atoms with van der Waals surface area (Å²) in [7, 11) is 0. The zero-order valence-corrected chi connectivity index (χ0v) is 24.8. The van der Waals surface area contributed by atoms with Crippen LogP contribution in [-0.4, -0.2) is 57.7 Å². The fourth-order valence-electron chi connectivity index (χ4n) is 4.87. The number of aliphatic hydroxyl groups excluding tert-OH is 3. The molecule has 1 aliphatic rings. The molecule has 1 fully saturated rings. The van der Waals surface area contributed by atoms with Crippen molar-refractivity contribution < 1.29 is 39.1 Å². The van der Waals surface area contributed by atoms with Crippen molar-refractivity contribution in [3.05, 3.63) is 101 Å². The van der Waals surface area contributed by atoms with E-state index in [0.717, 1.165) is 40.8 Å². The molecule has 4 N–H and O–H groups in total. The molecule has 0 aromatic heterocycles. The number of carbonyl (C=O) groups is 2. The molecule has 4 rings (SSSR count). The molecule has 3 aromatic carbocycles. The van der Waals surface area contributed by atoms with E-state index in [0.29, 0.717) is 19.3 Å². The van der Waals surface area contributed by atoms with Crippen molar-refractivity contribution in [1.29, 1.82) is 0 Å². The van der Waals surface area contributed by atoms with Crippen LogP contribution in [0.15, 0.2) is 72.8 Å². The number of ether oxygens (including phenoxy) is 1. The van der Waals surface area contributed by atoms with Gasteiger partial charge in [-0.25, -0.2) is 4.39 Å². The predicted molar refractivity (Wildman–Crippen MR) is 162 cm³/mol. The minimum absolute atomic E-state index is 0.00616. The van der Waals surface area contributed by atoms with E-state index in [4.69, 9.17) is 9.84 Å². The van der Waals surface area contributed by atoms with Crippen molar-refractivity contribution in [3.8, 4) is 0 Å². The number of nitrogens with zero attached hydrogens (tertiary/aromatic N) is 1. The molecule has 43 heavy (non-hydrogen) atoms. The highest BCUT2D eigenvalue weighted by molar-refractivity contribution is 6.01. The summed E-state index contributed by atoms with van der Waals surface area (Å²) < 4.78 is 17.7. The minimum Gasteiger partial charge on any atom is -0.458 e. The van der Waals surface area contributed by atoms with Gasteiger partial charge in [0.15, 0.2) is 0 Å². The van der Waals surface area contributed by atoms with Crippen molar-refractivity contribution in [1.82, 2.24) is 0 Å². The van der Waals surface area contributed by atoms with Crippen LogP contribution in [0.25, 0.3) is 0 Å². The zero-order valence-electron chi connectivity index (χ0n) is 24.8. The molecule has 232 valence electrons. The Morgan fingerprint density at radius 3 is 2.05 bits per heavy atom. The van der Waals surface area contributed by atoms with Gasteiger partial charge in [-0.2, -0.15) is 0 Å². The van der Waals surface area contributed by atoms with Gasteiger partial charge in [0.2, 0.25) is 5.91 Å². The molecule has 1 aliphatic heterocycles. The quantitative estimate of drug-likeness (QED) is 0.168. The second-order valence-electron chi connectivity index (χ2n) is 10.8. The summed E-state index contributed by atoms with van der Waals surface area (Å²) >= 11 is 0. The maximum atomic E-state index is 12.6. The highest BCUT2D eigenvalue weighted by Crippen LogP contribution is 2.39. The number of anilines is 1. The van der Waals surface area contributed by atoms with E-state index in [-0.39, 0.29) is 42.9 Å². The van der Waals surface area contributed by atoms with Crippen LogP contribution >= 0.6 is 0 Å². The number of aryl methyl sites for hydroxylation is 2. The van der Waals surface area contributed by atoms with Gasteiger partial charge in [0.1, 0.15) is 17.5 Å². The van der Waals surface area contributed by atoms with E-state index in [9.17, 15) is 29.3 Å². The van der Waals surface area contributed by atoms with Crippen LogP contribution in [0.5, 0.6) is 0 Å². The second kappa shape index (κ2) is 16.3. The van der Waals surface area contributed by atoms with E-state index in [1.165, 1.54) is 19.1 Å². The fraction of sp³-hybridized carbons (Fsp3) is 0.412. The largest absolute Gasteiger partial charge is 0.458 e. The van der Waals surface area contributed by atoms with Crippen molar-refractivity contribution >= 4 is 17.6 Å². The van der Waals surface area contributed by atoms with E-state index >= 15 is 0 Å². The minimum atomic E-state index is -1.46. The molecule has 9 heteroatoms. The third-order valence-corrected chi connectivity index (χ3v) is 7.54.